The Kier molecular flexibility index (Phi) is 2.85. The van der Waals surface area contributed by atoms with E-state index in [1.165, 1.54) is 9.88 Å². The van der Waals surface area contributed by atoms with Gasteiger partial charge in [-0.15, -0.1) is 11.3 Å². The van der Waals surface area contributed by atoms with Crippen molar-refractivity contribution < 1.29 is 0 Å². The normalized spacial score (nSPS) is 28.5. The lowest BCUT2D eigenvalue weighted by atomic mass is 9.87. The first-order chi connectivity index (χ1) is 6.65. The van der Waals surface area contributed by atoms with Crippen molar-refractivity contribution in [2.24, 2.45) is 5.73 Å². The van der Waals surface area contributed by atoms with Gasteiger partial charge in [-0.1, -0.05) is 0 Å². The van der Waals surface area contributed by atoms with Gasteiger partial charge in [-0.2, -0.15) is 0 Å². The molecule has 3 nitrogen and oxygen atoms in total. The zero-order chi connectivity index (χ0) is 10.1. The van der Waals surface area contributed by atoms with Crippen molar-refractivity contribution in [2.75, 3.05) is 0 Å². The van der Waals surface area contributed by atoms with E-state index in [1.54, 1.807) is 11.3 Å². The van der Waals surface area contributed by atoms with Crippen molar-refractivity contribution in [2.45, 2.75) is 44.8 Å². The molecule has 1 atom stereocenters. The first kappa shape index (κ1) is 10.1. The molecule has 0 spiro atoms. The largest absolute Gasteiger partial charge is 0.328 e. The molecule has 0 aliphatic heterocycles. The molecule has 0 saturated heterocycles. The van der Waals surface area contributed by atoms with Crippen LogP contribution in [0.25, 0.3) is 0 Å². The maximum absolute atomic E-state index is 5.73. The summed E-state index contributed by atoms with van der Waals surface area (Å²) in [6.07, 6.45) is 4.15. The van der Waals surface area contributed by atoms with Gasteiger partial charge in [0.15, 0.2) is 0 Å². The molecule has 1 heterocycles. The molecule has 78 valence electrons. The van der Waals surface area contributed by atoms with Crippen molar-refractivity contribution in [1.82, 2.24) is 10.3 Å². The molecule has 1 aromatic rings. The number of rotatable bonds is 3. The molecule has 1 aliphatic rings. The van der Waals surface area contributed by atoms with Crippen molar-refractivity contribution in [1.29, 1.82) is 0 Å². The third-order valence-electron chi connectivity index (χ3n) is 2.67. The second-order valence-electron chi connectivity index (χ2n) is 4.13. The molecule has 1 fully saturated rings. The monoisotopic (exact) mass is 211 g/mol. The zero-order valence-electron chi connectivity index (χ0n) is 8.66. The lowest BCUT2D eigenvalue weighted by molar-refractivity contribution is 0.272. The Labute approximate surface area is 88.7 Å². The second-order valence-corrected chi connectivity index (χ2v) is 5.39. The van der Waals surface area contributed by atoms with Crippen molar-refractivity contribution in [3.63, 3.8) is 0 Å². The Morgan fingerprint density at radius 1 is 1.64 bits per heavy atom. The second kappa shape index (κ2) is 3.96. The van der Waals surface area contributed by atoms with Gasteiger partial charge in [-0.25, -0.2) is 4.98 Å². The van der Waals surface area contributed by atoms with E-state index in [4.69, 9.17) is 5.73 Å². The van der Waals surface area contributed by atoms with E-state index in [0.29, 0.717) is 18.1 Å². The summed E-state index contributed by atoms with van der Waals surface area (Å²) in [5, 5.41) is 4.73. The van der Waals surface area contributed by atoms with Crippen molar-refractivity contribution in [3.05, 3.63) is 16.1 Å². The summed E-state index contributed by atoms with van der Waals surface area (Å²) in [6.45, 7) is 4.26. The number of nitrogens with zero attached hydrogens (tertiary/aromatic N) is 1. The van der Waals surface area contributed by atoms with Gasteiger partial charge in [0, 0.05) is 23.2 Å². The maximum atomic E-state index is 5.73. The Hall–Kier alpha value is -0.450. The molecule has 0 bridgehead atoms. The molecular weight excluding hydrogens is 194 g/mol. The van der Waals surface area contributed by atoms with Crippen LogP contribution in [0, 0.1) is 6.92 Å². The van der Waals surface area contributed by atoms with Gasteiger partial charge >= 0.3 is 0 Å². The van der Waals surface area contributed by atoms with Crippen molar-refractivity contribution in [3.8, 4) is 0 Å². The standard InChI is InChI=1S/C10H17N3S/c1-6-5-12-10(14-6)7(2)13-9-3-8(11)4-9/h5,7-9,13H,3-4,11H2,1-2H3. The molecule has 14 heavy (non-hydrogen) atoms. The highest BCUT2D eigenvalue weighted by atomic mass is 32.1. The van der Waals surface area contributed by atoms with E-state index in [0.717, 1.165) is 12.8 Å². The van der Waals surface area contributed by atoms with E-state index in [9.17, 15) is 0 Å². The van der Waals surface area contributed by atoms with Gasteiger partial charge in [0.25, 0.3) is 0 Å². The number of aromatic nitrogens is 1. The molecule has 1 aliphatic carbocycles. The highest BCUT2D eigenvalue weighted by Crippen LogP contribution is 2.24. The van der Waals surface area contributed by atoms with E-state index < -0.39 is 0 Å². The van der Waals surface area contributed by atoms with Gasteiger partial charge in [-0.05, 0) is 26.7 Å². The summed E-state index contributed by atoms with van der Waals surface area (Å²) in [5.74, 6) is 0. The Balaban J connectivity index is 1.86. The average molecular weight is 211 g/mol. The van der Waals surface area contributed by atoms with Gasteiger partial charge in [0.05, 0.1) is 6.04 Å². The third kappa shape index (κ3) is 2.13. The summed E-state index contributed by atoms with van der Waals surface area (Å²) in [7, 11) is 0. The van der Waals surface area contributed by atoms with Crippen LogP contribution in [-0.2, 0) is 0 Å². The molecule has 4 heteroatoms. The fourth-order valence-electron chi connectivity index (χ4n) is 1.80. The number of nitrogens with one attached hydrogen (secondary N) is 1. The minimum Gasteiger partial charge on any atom is -0.328 e. The number of nitrogens with two attached hydrogens (primary N) is 1. The molecular formula is C10H17N3S. The van der Waals surface area contributed by atoms with E-state index in [2.05, 4.69) is 24.1 Å². The Bertz CT molecular complexity index is 304. The number of hydrogen-bond acceptors (Lipinski definition) is 4. The molecule has 3 N–H and O–H groups in total. The van der Waals surface area contributed by atoms with E-state index >= 15 is 0 Å². The van der Waals surface area contributed by atoms with Gasteiger partial charge < -0.3 is 11.1 Å². The summed E-state index contributed by atoms with van der Waals surface area (Å²) >= 11 is 1.77. The topological polar surface area (TPSA) is 50.9 Å². The third-order valence-corrected chi connectivity index (χ3v) is 3.77. The van der Waals surface area contributed by atoms with Crippen LogP contribution >= 0.6 is 11.3 Å². The number of aryl methyl sites for hydroxylation is 1. The zero-order valence-corrected chi connectivity index (χ0v) is 9.47. The average Bonchev–Trinajstić information content (AvgIpc) is 2.49. The summed E-state index contributed by atoms with van der Waals surface area (Å²) in [5.41, 5.74) is 5.73. The van der Waals surface area contributed by atoms with Crippen molar-refractivity contribution >= 4 is 11.3 Å². The molecule has 0 aromatic carbocycles. The van der Waals surface area contributed by atoms with E-state index in [-0.39, 0.29) is 0 Å². The number of hydrogen-bond donors (Lipinski definition) is 2. The molecule has 2 rings (SSSR count). The van der Waals surface area contributed by atoms with Crippen LogP contribution in [0.5, 0.6) is 0 Å². The number of thiazole rings is 1. The predicted octanol–water partition coefficient (Wildman–Crippen LogP) is 1.59. The van der Waals surface area contributed by atoms with E-state index in [1.807, 2.05) is 6.20 Å². The van der Waals surface area contributed by atoms with Gasteiger partial charge in [0.1, 0.15) is 5.01 Å². The SMILES string of the molecule is Cc1cnc(C(C)NC2CC(N)C2)s1. The quantitative estimate of drug-likeness (QED) is 0.798. The van der Waals surface area contributed by atoms with Crippen LogP contribution in [0.4, 0.5) is 0 Å². The Morgan fingerprint density at radius 2 is 2.36 bits per heavy atom. The maximum Gasteiger partial charge on any atom is 0.109 e. The van der Waals surface area contributed by atoms with Crippen LogP contribution in [0.1, 0.15) is 35.7 Å². The molecule has 1 unspecified atom stereocenters. The summed E-state index contributed by atoms with van der Waals surface area (Å²) in [4.78, 5) is 5.65. The lowest BCUT2D eigenvalue weighted by Crippen LogP contribution is -2.48. The fourth-order valence-corrected chi connectivity index (χ4v) is 2.58. The fraction of sp³-hybridized carbons (Fsp3) is 0.700. The molecule has 0 amide bonds. The highest BCUT2D eigenvalue weighted by molar-refractivity contribution is 7.11. The molecule has 0 radical (unpaired) electrons. The summed E-state index contributed by atoms with van der Waals surface area (Å²) in [6, 6.07) is 1.38. The predicted molar refractivity (Wildman–Crippen MR) is 59.4 cm³/mol. The minimum atomic E-state index is 0.367. The first-order valence-corrected chi connectivity index (χ1v) is 5.90. The van der Waals surface area contributed by atoms with Crippen LogP contribution in [-0.4, -0.2) is 17.1 Å². The van der Waals surface area contributed by atoms with Gasteiger partial charge in [0.2, 0.25) is 0 Å². The molecule has 1 aromatic heterocycles. The molecule has 1 saturated carbocycles. The minimum absolute atomic E-state index is 0.367. The first-order valence-electron chi connectivity index (χ1n) is 5.09. The van der Waals surface area contributed by atoms with Crippen LogP contribution < -0.4 is 11.1 Å². The smallest absolute Gasteiger partial charge is 0.109 e. The van der Waals surface area contributed by atoms with Gasteiger partial charge in [-0.3, -0.25) is 0 Å². The van der Waals surface area contributed by atoms with Crippen LogP contribution in [0.3, 0.4) is 0 Å². The highest BCUT2D eigenvalue weighted by Gasteiger charge is 2.27. The summed E-state index contributed by atoms with van der Waals surface area (Å²) < 4.78 is 0. The van der Waals surface area contributed by atoms with Crippen LogP contribution in [0.2, 0.25) is 0 Å². The van der Waals surface area contributed by atoms with Crippen LogP contribution in [0.15, 0.2) is 6.20 Å². The lowest BCUT2D eigenvalue weighted by Gasteiger charge is -2.34. The Morgan fingerprint density at radius 3 is 2.86 bits per heavy atom.